The van der Waals surface area contributed by atoms with Crippen molar-refractivity contribution < 1.29 is 10.6 Å². The van der Waals surface area contributed by atoms with Gasteiger partial charge in [-0.05, 0) is 37.5 Å². The van der Waals surface area contributed by atoms with Crippen LogP contribution in [0.15, 0.2) is 36.7 Å². The van der Waals surface area contributed by atoms with Gasteiger partial charge in [0.1, 0.15) is 23.8 Å². The van der Waals surface area contributed by atoms with Crippen LogP contribution in [0.25, 0.3) is 0 Å². The first-order valence-corrected chi connectivity index (χ1v) is 9.13. The molecule has 0 bridgehead atoms. The van der Waals surface area contributed by atoms with Crippen LogP contribution in [-0.4, -0.2) is 49.4 Å². The summed E-state index contributed by atoms with van der Waals surface area (Å²) in [5.74, 6) is 1.26. The monoisotopic (exact) mass is 361 g/mol. The predicted molar refractivity (Wildman–Crippen MR) is 104 cm³/mol. The average Bonchev–Trinajstić information content (AvgIpc) is 2.70. The highest BCUT2D eigenvalue weighted by Crippen LogP contribution is 2.20. The van der Waals surface area contributed by atoms with Gasteiger partial charge in [0.15, 0.2) is 0 Å². The molecule has 26 heavy (non-hydrogen) atoms. The molecule has 2 N–H and O–H groups in total. The number of rotatable bonds is 2. The molecule has 142 valence electrons. The van der Waals surface area contributed by atoms with Gasteiger partial charge in [-0.3, -0.25) is 0 Å². The Morgan fingerprint density at radius 1 is 0.962 bits per heavy atom. The number of aromatic nitrogens is 2. The number of anilines is 3. The van der Waals surface area contributed by atoms with Gasteiger partial charge in [-0.15, -0.1) is 0 Å². The third-order valence-electron chi connectivity index (χ3n) is 4.54. The lowest BCUT2D eigenvalue weighted by molar-refractivity contribution is 0.122. The van der Waals surface area contributed by atoms with E-state index in [-0.39, 0.29) is 7.24 Å². The van der Waals surface area contributed by atoms with Crippen molar-refractivity contribution in [2.24, 2.45) is 0 Å². The van der Waals surface area contributed by atoms with Crippen LogP contribution in [0.3, 0.4) is 0 Å². The van der Waals surface area contributed by atoms with E-state index >= 15 is 0 Å². The normalized spacial score (nSPS) is 17.4. The van der Waals surface area contributed by atoms with E-state index < -0.39 is 0 Å². The second-order valence-corrected chi connectivity index (χ2v) is 6.43. The maximum atomic E-state index is 12.9. The average molecular weight is 361 g/mol. The summed E-state index contributed by atoms with van der Waals surface area (Å²) in [5.41, 5.74) is 6.58. The number of hydrogen-bond donors (Lipinski definition) is 1. The van der Waals surface area contributed by atoms with Crippen molar-refractivity contribution in [2.45, 2.75) is 19.3 Å². The zero-order valence-electron chi connectivity index (χ0n) is 15.0. The van der Waals surface area contributed by atoms with Crippen LogP contribution in [-0.2, 0) is 4.74 Å². The van der Waals surface area contributed by atoms with Gasteiger partial charge >= 0.3 is 0 Å². The van der Waals surface area contributed by atoms with Crippen LogP contribution in [0, 0.1) is 5.82 Å². The number of nitrogens with two attached hydrogens (primary N) is 1. The molecule has 1 aromatic heterocycles. The summed E-state index contributed by atoms with van der Waals surface area (Å²) in [5, 5.41) is 0. The van der Waals surface area contributed by atoms with Gasteiger partial charge in [-0.1, -0.05) is 6.07 Å². The standard InChI is InChI=1S/C11H14FN.C8H12N4O.H2/c12-10-5-4-6-11(9-10)13-7-2-1-3-8-13;9-7-5-8(11-6-10-7)12-1-3-13-4-2-12;/h4-6,9H,1-3,7-8H2;5-6H,1-4H2,(H2,9,10,11);1H. The molecular weight excluding hydrogens is 333 g/mol. The molecule has 6 nitrogen and oxygen atoms in total. The van der Waals surface area contributed by atoms with Gasteiger partial charge < -0.3 is 20.3 Å². The topological polar surface area (TPSA) is 67.5 Å². The van der Waals surface area contributed by atoms with Crippen molar-refractivity contribution >= 4 is 17.3 Å². The summed E-state index contributed by atoms with van der Waals surface area (Å²) in [4.78, 5) is 12.4. The fourth-order valence-corrected chi connectivity index (χ4v) is 3.15. The van der Waals surface area contributed by atoms with E-state index in [2.05, 4.69) is 19.8 Å². The summed E-state index contributed by atoms with van der Waals surface area (Å²) in [6.45, 7) is 5.40. The molecule has 0 spiro atoms. The third kappa shape index (κ3) is 5.29. The van der Waals surface area contributed by atoms with Crippen molar-refractivity contribution in [3.8, 4) is 0 Å². The van der Waals surface area contributed by atoms with E-state index in [0.717, 1.165) is 50.9 Å². The quantitative estimate of drug-likeness (QED) is 0.887. The molecule has 7 heteroatoms. The van der Waals surface area contributed by atoms with Gasteiger partial charge in [0.2, 0.25) is 0 Å². The van der Waals surface area contributed by atoms with Crippen molar-refractivity contribution in [3.05, 3.63) is 42.5 Å². The Bertz CT molecular complexity index is 634. The third-order valence-corrected chi connectivity index (χ3v) is 4.54. The zero-order chi connectivity index (χ0) is 18.2. The van der Waals surface area contributed by atoms with E-state index in [0.29, 0.717) is 5.82 Å². The molecule has 2 aromatic rings. The Hall–Kier alpha value is -2.41. The van der Waals surface area contributed by atoms with Crippen LogP contribution in [0.1, 0.15) is 20.7 Å². The van der Waals surface area contributed by atoms with Crippen LogP contribution in [0.5, 0.6) is 0 Å². The Labute approximate surface area is 155 Å². The molecule has 2 fully saturated rings. The highest BCUT2D eigenvalue weighted by atomic mass is 19.1. The second kappa shape index (κ2) is 9.33. The first-order chi connectivity index (χ1) is 12.7. The molecule has 1 aromatic carbocycles. The van der Waals surface area contributed by atoms with Gasteiger partial charge in [-0.25, -0.2) is 14.4 Å². The molecule has 3 heterocycles. The smallest absolute Gasteiger partial charge is 0.134 e. The van der Waals surface area contributed by atoms with Crippen LogP contribution in [0.4, 0.5) is 21.7 Å². The number of hydrogen-bond acceptors (Lipinski definition) is 6. The Balaban J connectivity index is 0.000000187. The summed E-state index contributed by atoms with van der Waals surface area (Å²) in [7, 11) is 0. The van der Waals surface area contributed by atoms with Crippen molar-refractivity contribution in [2.75, 3.05) is 54.9 Å². The number of nitrogens with zero attached hydrogens (tertiary/aromatic N) is 4. The lowest BCUT2D eigenvalue weighted by atomic mass is 10.1. The van der Waals surface area contributed by atoms with Crippen LogP contribution < -0.4 is 15.5 Å². The molecule has 2 aliphatic heterocycles. The van der Waals surface area contributed by atoms with E-state index in [1.165, 1.54) is 31.7 Å². The van der Waals surface area contributed by atoms with E-state index in [9.17, 15) is 4.39 Å². The lowest BCUT2D eigenvalue weighted by Gasteiger charge is -2.28. The summed E-state index contributed by atoms with van der Waals surface area (Å²) in [6.07, 6.45) is 5.26. The SMILES string of the molecule is Fc1cccc(N2CCCCC2)c1.Nc1cc(N2CCOCC2)ncn1.[HH]. The lowest BCUT2D eigenvalue weighted by Crippen LogP contribution is -2.36. The summed E-state index contributed by atoms with van der Waals surface area (Å²) in [6, 6.07) is 8.65. The number of morpholine rings is 1. The minimum atomic E-state index is -0.136. The molecular formula is C19H28FN5O. The maximum Gasteiger partial charge on any atom is 0.134 e. The molecule has 0 unspecified atom stereocenters. The van der Waals surface area contributed by atoms with E-state index in [4.69, 9.17) is 10.5 Å². The summed E-state index contributed by atoms with van der Waals surface area (Å²) >= 11 is 0. The maximum absolute atomic E-state index is 12.9. The molecule has 4 rings (SSSR count). The van der Waals surface area contributed by atoms with Gasteiger partial charge in [0.05, 0.1) is 13.2 Å². The number of benzene rings is 1. The fraction of sp³-hybridized carbons (Fsp3) is 0.474. The summed E-state index contributed by atoms with van der Waals surface area (Å²) < 4.78 is 18.1. The Kier molecular flexibility index (Phi) is 6.60. The number of piperidine rings is 1. The highest BCUT2D eigenvalue weighted by Gasteiger charge is 2.12. The minimum absolute atomic E-state index is 0. The highest BCUT2D eigenvalue weighted by molar-refractivity contribution is 5.47. The molecule has 0 aliphatic carbocycles. The van der Waals surface area contributed by atoms with Crippen molar-refractivity contribution in [1.29, 1.82) is 0 Å². The van der Waals surface area contributed by atoms with Crippen LogP contribution in [0.2, 0.25) is 0 Å². The fourth-order valence-electron chi connectivity index (χ4n) is 3.15. The first kappa shape index (κ1) is 18.4. The molecule has 0 amide bonds. The largest absolute Gasteiger partial charge is 0.384 e. The second-order valence-electron chi connectivity index (χ2n) is 6.43. The number of ether oxygens (including phenoxy) is 1. The van der Waals surface area contributed by atoms with Gasteiger partial charge in [-0.2, -0.15) is 0 Å². The Morgan fingerprint density at radius 2 is 1.73 bits per heavy atom. The van der Waals surface area contributed by atoms with Gasteiger partial charge in [0.25, 0.3) is 0 Å². The number of halogens is 1. The molecule has 0 atom stereocenters. The predicted octanol–water partition coefficient (Wildman–Crippen LogP) is 2.96. The van der Waals surface area contributed by atoms with Crippen LogP contribution >= 0.6 is 0 Å². The Morgan fingerprint density at radius 3 is 2.42 bits per heavy atom. The van der Waals surface area contributed by atoms with Crippen molar-refractivity contribution in [3.63, 3.8) is 0 Å². The van der Waals surface area contributed by atoms with Gasteiger partial charge in [0, 0.05) is 39.4 Å². The molecule has 2 aliphatic rings. The van der Waals surface area contributed by atoms with Crippen molar-refractivity contribution in [1.82, 2.24) is 9.97 Å². The molecule has 0 saturated carbocycles. The van der Waals surface area contributed by atoms with E-state index in [1.807, 2.05) is 6.07 Å². The minimum Gasteiger partial charge on any atom is -0.384 e. The zero-order valence-corrected chi connectivity index (χ0v) is 15.0. The number of nitrogen functional groups attached to an aromatic ring is 1. The first-order valence-electron chi connectivity index (χ1n) is 9.13. The molecule has 2 saturated heterocycles. The molecule has 0 radical (unpaired) electrons. The van der Waals surface area contributed by atoms with E-state index in [1.54, 1.807) is 18.2 Å².